The number of benzene rings is 3. The molecule has 0 radical (unpaired) electrons. The van der Waals surface area contributed by atoms with Gasteiger partial charge >= 0.3 is 6.01 Å². The van der Waals surface area contributed by atoms with Crippen LogP contribution in [-0.2, 0) is 6.54 Å². The molecule has 5 aromatic rings. The standard InChI is InChI=1S/C22H15BrClN5O/c23-16-5-1-2-6-17(16)26-22-28-27-20(30-22)13-29-19-8-4-3-7-18(19)25-21(29)14-9-11-15(24)12-10-14/h1-12H,13H2,(H,26,28). The predicted molar refractivity (Wildman–Crippen MR) is 121 cm³/mol. The quantitative estimate of drug-likeness (QED) is 0.320. The van der Waals surface area contributed by atoms with Crippen LogP contribution in [0, 0.1) is 0 Å². The molecule has 2 heterocycles. The lowest BCUT2D eigenvalue weighted by Gasteiger charge is -2.07. The van der Waals surface area contributed by atoms with Crippen molar-refractivity contribution in [3.8, 4) is 11.4 Å². The number of imidazole rings is 1. The Kier molecular flexibility index (Phi) is 4.98. The number of hydrogen-bond acceptors (Lipinski definition) is 5. The van der Waals surface area contributed by atoms with Gasteiger partial charge in [0, 0.05) is 15.1 Å². The Hall–Kier alpha value is -3.16. The van der Waals surface area contributed by atoms with Gasteiger partial charge in [-0.2, -0.15) is 0 Å². The average Bonchev–Trinajstić information content (AvgIpc) is 3.35. The van der Waals surface area contributed by atoms with Crippen LogP contribution in [0.1, 0.15) is 5.89 Å². The summed E-state index contributed by atoms with van der Waals surface area (Å²) in [6.07, 6.45) is 0. The summed E-state index contributed by atoms with van der Waals surface area (Å²) in [6, 6.07) is 23.6. The Balaban J connectivity index is 1.50. The molecule has 6 nitrogen and oxygen atoms in total. The second-order valence-corrected chi connectivity index (χ2v) is 7.91. The first-order valence-corrected chi connectivity index (χ1v) is 10.4. The van der Waals surface area contributed by atoms with Crippen LogP contribution in [0.15, 0.2) is 81.7 Å². The van der Waals surface area contributed by atoms with Crippen LogP contribution in [0.3, 0.4) is 0 Å². The van der Waals surface area contributed by atoms with E-state index in [2.05, 4.69) is 36.0 Å². The van der Waals surface area contributed by atoms with E-state index in [-0.39, 0.29) is 0 Å². The lowest BCUT2D eigenvalue weighted by Crippen LogP contribution is -2.02. The van der Waals surface area contributed by atoms with E-state index in [9.17, 15) is 0 Å². The first-order chi connectivity index (χ1) is 14.7. The van der Waals surface area contributed by atoms with E-state index in [1.54, 1.807) is 0 Å². The van der Waals surface area contributed by atoms with Crippen LogP contribution in [0.4, 0.5) is 11.7 Å². The number of hydrogen-bond donors (Lipinski definition) is 1. The van der Waals surface area contributed by atoms with Crippen LogP contribution >= 0.6 is 27.5 Å². The molecule has 3 aromatic carbocycles. The van der Waals surface area contributed by atoms with E-state index >= 15 is 0 Å². The molecule has 2 aromatic heterocycles. The van der Waals surface area contributed by atoms with Gasteiger partial charge in [0.05, 0.1) is 16.7 Å². The third kappa shape index (κ3) is 3.69. The molecular weight excluding hydrogens is 466 g/mol. The molecule has 0 saturated carbocycles. The van der Waals surface area contributed by atoms with Crippen LogP contribution in [-0.4, -0.2) is 19.7 Å². The molecule has 0 saturated heterocycles. The summed E-state index contributed by atoms with van der Waals surface area (Å²) >= 11 is 9.56. The summed E-state index contributed by atoms with van der Waals surface area (Å²) in [5.74, 6) is 1.29. The molecule has 148 valence electrons. The minimum atomic E-state index is 0.328. The molecule has 5 rings (SSSR count). The molecule has 8 heteroatoms. The molecule has 0 unspecified atom stereocenters. The zero-order valence-corrected chi connectivity index (χ0v) is 17.9. The lowest BCUT2D eigenvalue weighted by atomic mass is 10.2. The number of nitrogens with zero attached hydrogens (tertiary/aromatic N) is 4. The van der Waals surface area contributed by atoms with Crippen molar-refractivity contribution in [3.05, 3.63) is 88.2 Å². The van der Waals surface area contributed by atoms with Gasteiger partial charge in [0.2, 0.25) is 5.89 Å². The van der Waals surface area contributed by atoms with Crippen molar-refractivity contribution in [1.29, 1.82) is 0 Å². The van der Waals surface area contributed by atoms with Gasteiger partial charge in [0.1, 0.15) is 12.4 Å². The first kappa shape index (κ1) is 18.8. The highest BCUT2D eigenvalue weighted by Gasteiger charge is 2.16. The maximum Gasteiger partial charge on any atom is 0.320 e. The summed E-state index contributed by atoms with van der Waals surface area (Å²) in [6.45, 7) is 0.392. The fourth-order valence-corrected chi connectivity index (χ4v) is 3.75. The Morgan fingerprint density at radius 1 is 0.933 bits per heavy atom. The average molecular weight is 481 g/mol. The molecule has 0 aliphatic heterocycles. The fourth-order valence-electron chi connectivity index (χ4n) is 3.24. The molecule has 0 amide bonds. The van der Waals surface area contributed by atoms with Crippen molar-refractivity contribution in [3.63, 3.8) is 0 Å². The van der Waals surface area contributed by atoms with Crippen molar-refractivity contribution in [2.75, 3.05) is 5.32 Å². The first-order valence-electron chi connectivity index (χ1n) is 9.22. The maximum absolute atomic E-state index is 6.06. The number of rotatable bonds is 5. The smallest absolute Gasteiger partial charge is 0.320 e. The van der Waals surface area contributed by atoms with Crippen LogP contribution in [0.25, 0.3) is 22.4 Å². The Morgan fingerprint density at radius 2 is 1.70 bits per heavy atom. The summed E-state index contributed by atoms with van der Waals surface area (Å²) in [5, 5.41) is 12.2. The van der Waals surface area contributed by atoms with E-state index in [0.29, 0.717) is 23.5 Å². The molecular formula is C22H15BrClN5O. The van der Waals surface area contributed by atoms with Gasteiger partial charge in [-0.25, -0.2) is 4.98 Å². The zero-order chi connectivity index (χ0) is 20.5. The van der Waals surface area contributed by atoms with E-state index in [1.165, 1.54) is 0 Å². The fraction of sp³-hybridized carbons (Fsp3) is 0.0455. The van der Waals surface area contributed by atoms with Gasteiger partial charge < -0.3 is 14.3 Å². The Morgan fingerprint density at radius 3 is 2.53 bits per heavy atom. The van der Waals surface area contributed by atoms with Crippen molar-refractivity contribution >= 4 is 50.3 Å². The van der Waals surface area contributed by atoms with Crippen LogP contribution in [0.2, 0.25) is 5.02 Å². The van der Waals surface area contributed by atoms with E-state index in [0.717, 1.165) is 32.6 Å². The van der Waals surface area contributed by atoms with Crippen molar-refractivity contribution in [2.24, 2.45) is 0 Å². The monoisotopic (exact) mass is 479 g/mol. The molecule has 1 N–H and O–H groups in total. The molecule has 0 spiro atoms. The topological polar surface area (TPSA) is 68.8 Å². The Labute approximate surface area is 185 Å². The third-order valence-electron chi connectivity index (χ3n) is 4.63. The molecule has 0 atom stereocenters. The molecule has 0 aliphatic carbocycles. The van der Waals surface area contributed by atoms with E-state index in [1.807, 2.05) is 72.8 Å². The lowest BCUT2D eigenvalue weighted by molar-refractivity contribution is 0.495. The Bertz CT molecular complexity index is 1330. The van der Waals surface area contributed by atoms with Gasteiger partial charge in [0.15, 0.2) is 0 Å². The van der Waals surface area contributed by atoms with Crippen molar-refractivity contribution in [1.82, 2.24) is 19.7 Å². The second-order valence-electron chi connectivity index (χ2n) is 6.62. The maximum atomic E-state index is 6.06. The number of fused-ring (bicyclic) bond motifs is 1. The summed E-state index contributed by atoms with van der Waals surface area (Å²) in [5.41, 5.74) is 3.69. The summed E-state index contributed by atoms with van der Waals surface area (Å²) in [7, 11) is 0. The normalized spacial score (nSPS) is 11.1. The molecule has 0 bridgehead atoms. The largest absolute Gasteiger partial charge is 0.406 e. The van der Waals surface area contributed by atoms with Crippen LogP contribution < -0.4 is 5.32 Å². The number of anilines is 2. The minimum absolute atomic E-state index is 0.328. The number of para-hydroxylation sites is 3. The highest BCUT2D eigenvalue weighted by molar-refractivity contribution is 9.10. The van der Waals surface area contributed by atoms with E-state index < -0.39 is 0 Å². The molecule has 0 fully saturated rings. The van der Waals surface area contributed by atoms with Crippen molar-refractivity contribution < 1.29 is 4.42 Å². The third-order valence-corrected chi connectivity index (χ3v) is 5.58. The van der Waals surface area contributed by atoms with Gasteiger partial charge in [-0.3, -0.25) is 0 Å². The summed E-state index contributed by atoms with van der Waals surface area (Å²) in [4.78, 5) is 4.80. The van der Waals surface area contributed by atoms with Gasteiger partial charge in [-0.1, -0.05) is 41.0 Å². The highest BCUT2D eigenvalue weighted by Crippen LogP contribution is 2.28. The van der Waals surface area contributed by atoms with Crippen molar-refractivity contribution in [2.45, 2.75) is 6.54 Å². The van der Waals surface area contributed by atoms with Crippen LogP contribution in [0.5, 0.6) is 0 Å². The SMILES string of the molecule is Clc1ccc(-c2nc3ccccc3n2Cc2nnc(Nc3ccccc3Br)o2)cc1. The van der Waals surface area contributed by atoms with E-state index in [4.69, 9.17) is 21.0 Å². The summed E-state index contributed by atoms with van der Waals surface area (Å²) < 4.78 is 8.83. The molecule has 0 aliphatic rings. The van der Waals surface area contributed by atoms with Gasteiger partial charge in [0.25, 0.3) is 0 Å². The number of halogens is 2. The zero-order valence-electron chi connectivity index (χ0n) is 15.6. The highest BCUT2D eigenvalue weighted by atomic mass is 79.9. The number of aromatic nitrogens is 4. The van der Waals surface area contributed by atoms with Gasteiger partial charge in [-0.15, -0.1) is 5.10 Å². The number of nitrogens with one attached hydrogen (secondary N) is 1. The van der Waals surface area contributed by atoms with Gasteiger partial charge in [-0.05, 0) is 64.5 Å². The second kappa shape index (κ2) is 7.93. The molecule has 30 heavy (non-hydrogen) atoms. The predicted octanol–water partition coefficient (Wildman–Crippen LogP) is 6.29. The minimum Gasteiger partial charge on any atom is -0.406 e.